The molecule has 7 heteroatoms. The minimum Gasteiger partial charge on any atom is -0.480 e. The van der Waals surface area contributed by atoms with Crippen LogP contribution in [0.4, 0.5) is 0 Å². The second kappa shape index (κ2) is 10.0. The number of thioether (sulfide) groups is 1. The van der Waals surface area contributed by atoms with Crippen molar-refractivity contribution in [2.24, 2.45) is 11.7 Å². The first-order chi connectivity index (χ1) is 9.27. The van der Waals surface area contributed by atoms with Crippen LogP contribution in [0.15, 0.2) is 0 Å². The Balaban J connectivity index is 4.27. The Hall–Kier alpha value is -0.790. The van der Waals surface area contributed by atoms with Gasteiger partial charge in [-0.2, -0.15) is 11.8 Å². The van der Waals surface area contributed by atoms with Crippen molar-refractivity contribution < 1.29 is 19.8 Å². The van der Waals surface area contributed by atoms with Crippen LogP contribution in [0.2, 0.25) is 0 Å². The van der Waals surface area contributed by atoms with E-state index in [9.17, 15) is 14.7 Å². The number of amides is 1. The van der Waals surface area contributed by atoms with Gasteiger partial charge in [-0.3, -0.25) is 4.79 Å². The lowest BCUT2D eigenvalue weighted by Gasteiger charge is -2.21. The van der Waals surface area contributed by atoms with Gasteiger partial charge in [-0.15, -0.1) is 0 Å². The van der Waals surface area contributed by atoms with Gasteiger partial charge < -0.3 is 21.3 Å². The molecule has 0 heterocycles. The molecule has 0 aromatic rings. The van der Waals surface area contributed by atoms with Gasteiger partial charge in [-0.1, -0.05) is 13.8 Å². The maximum Gasteiger partial charge on any atom is 0.326 e. The number of hydrogen-bond donors (Lipinski definition) is 4. The Bertz CT molecular complexity index is 313. The molecule has 3 atom stereocenters. The lowest BCUT2D eigenvalue weighted by molar-refractivity contribution is -0.142. The lowest BCUT2D eigenvalue weighted by Crippen LogP contribution is -2.45. The molecule has 0 aromatic carbocycles. The zero-order valence-electron chi connectivity index (χ0n) is 12.3. The largest absolute Gasteiger partial charge is 0.480 e. The summed E-state index contributed by atoms with van der Waals surface area (Å²) in [6.45, 7) is 3.96. The fraction of sp³-hybridized carbons (Fsp3) is 0.846. The van der Waals surface area contributed by atoms with E-state index in [4.69, 9.17) is 10.8 Å². The van der Waals surface area contributed by atoms with Gasteiger partial charge in [0.05, 0.1) is 12.5 Å². The first kappa shape index (κ1) is 19.2. The normalized spacial score (nSPS) is 15.7. The average Bonchev–Trinajstić information content (AvgIpc) is 2.32. The number of rotatable bonds is 10. The number of nitrogens with two attached hydrogens (primary N) is 1. The van der Waals surface area contributed by atoms with E-state index in [0.717, 1.165) is 0 Å². The van der Waals surface area contributed by atoms with Gasteiger partial charge in [0, 0.05) is 6.04 Å². The highest BCUT2D eigenvalue weighted by atomic mass is 32.2. The third-order valence-electron chi connectivity index (χ3n) is 2.88. The number of aliphatic hydroxyl groups is 1. The number of nitrogens with one attached hydrogen (secondary N) is 1. The number of aliphatic hydroxyl groups excluding tert-OH is 1. The minimum absolute atomic E-state index is 0.170. The molecule has 0 bridgehead atoms. The highest BCUT2D eigenvalue weighted by molar-refractivity contribution is 7.98. The minimum atomic E-state index is -1.06. The summed E-state index contributed by atoms with van der Waals surface area (Å²) < 4.78 is 0. The Morgan fingerprint density at radius 2 is 1.95 bits per heavy atom. The van der Waals surface area contributed by atoms with Gasteiger partial charge >= 0.3 is 5.97 Å². The molecule has 0 rings (SSSR count). The van der Waals surface area contributed by atoms with E-state index < -0.39 is 30.1 Å². The molecule has 0 aliphatic carbocycles. The van der Waals surface area contributed by atoms with E-state index in [0.29, 0.717) is 24.5 Å². The second-order valence-corrected chi connectivity index (χ2v) is 6.29. The summed E-state index contributed by atoms with van der Waals surface area (Å²) in [5, 5.41) is 21.3. The summed E-state index contributed by atoms with van der Waals surface area (Å²) in [7, 11) is 0. The Kier molecular flexibility index (Phi) is 9.62. The smallest absolute Gasteiger partial charge is 0.326 e. The summed E-state index contributed by atoms with van der Waals surface area (Å²) in [6, 6.07) is -1.39. The molecule has 6 nitrogen and oxygen atoms in total. The van der Waals surface area contributed by atoms with Crippen LogP contribution in [-0.2, 0) is 9.59 Å². The van der Waals surface area contributed by atoms with Crippen molar-refractivity contribution in [2.45, 2.75) is 51.3 Å². The summed E-state index contributed by atoms with van der Waals surface area (Å²) in [5.74, 6) is -0.568. The van der Waals surface area contributed by atoms with Gasteiger partial charge in [-0.25, -0.2) is 4.79 Å². The molecule has 0 aromatic heterocycles. The van der Waals surface area contributed by atoms with Crippen molar-refractivity contribution in [1.82, 2.24) is 5.32 Å². The fourth-order valence-corrected chi connectivity index (χ4v) is 2.26. The molecular formula is C13H26N2O4S. The maximum atomic E-state index is 11.7. The fourth-order valence-electron chi connectivity index (χ4n) is 1.79. The van der Waals surface area contributed by atoms with Gasteiger partial charge in [0.25, 0.3) is 0 Å². The molecule has 118 valence electrons. The van der Waals surface area contributed by atoms with Crippen molar-refractivity contribution in [1.29, 1.82) is 0 Å². The van der Waals surface area contributed by atoms with E-state index in [1.807, 2.05) is 20.1 Å². The van der Waals surface area contributed by atoms with Crippen molar-refractivity contribution >= 4 is 23.6 Å². The summed E-state index contributed by atoms with van der Waals surface area (Å²) in [5.41, 5.74) is 5.79. The van der Waals surface area contributed by atoms with Crippen molar-refractivity contribution in [3.63, 3.8) is 0 Å². The predicted octanol–water partition coefficient (Wildman–Crippen LogP) is 0.433. The molecule has 0 spiro atoms. The van der Waals surface area contributed by atoms with Crippen LogP contribution in [-0.4, -0.2) is 52.3 Å². The van der Waals surface area contributed by atoms with E-state index in [-0.39, 0.29) is 6.42 Å². The number of carbonyl (C=O) groups is 2. The lowest BCUT2D eigenvalue weighted by atomic mass is 9.98. The van der Waals surface area contributed by atoms with Crippen molar-refractivity contribution in [2.75, 3.05) is 12.0 Å². The Labute approximate surface area is 124 Å². The molecular weight excluding hydrogens is 280 g/mol. The monoisotopic (exact) mass is 306 g/mol. The number of carboxylic acids is 1. The van der Waals surface area contributed by atoms with Crippen molar-refractivity contribution in [3.8, 4) is 0 Å². The molecule has 0 unspecified atom stereocenters. The molecule has 5 N–H and O–H groups in total. The van der Waals surface area contributed by atoms with Crippen LogP contribution >= 0.6 is 11.8 Å². The van der Waals surface area contributed by atoms with Gasteiger partial charge in [-0.05, 0) is 30.8 Å². The molecule has 1 amide bonds. The van der Waals surface area contributed by atoms with Gasteiger partial charge in [0.1, 0.15) is 6.04 Å². The van der Waals surface area contributed by atoms with Crippen LogP contribution in [0.1, 0.15) is 33.1 Å². The first-order valence-electron chi connectivity index (χ1n) is 6.72. The SMILES string of the molecule is CSCC[C@H](NC(=O)C[C@H](O)[C@@H](N)CC(C)C)C(=O)O. The molecule has 0 saturated heterocycles. The molecule has 0 aliphatic heterocycles. The predicted molar refractivity (Wildman–Crippen MR) is 80.6 cm³/mol. The zero-order chi connectivity index (χ0) is 15.7. The van der Waals surface area contributed by atoms with Crippen LogP contribution in [0.25, 0.3) is 0 Å². The van der Waals surface area contributed by atoms with Crippen LogP contribution in [0, 0.1) is 5.92 Å². The van der Waals surface area contributed by atoms with E-state index >= 15 is 0 Å². The number of carboxylic acid groups (broad SMARTS) is 1. The zero-order valence-corrected chi connectivity index (χ0v) is 13.2. The summed E-state index contributed by atoms with van der Waals surface area (Å²) >= 11 is 1.52. The van der Waals surface area contributed by atoms with Crippen LogP contribution in [0.5, 0.6) is 0 Å². The molecule has 0 radical (unpaired) electrons. The standard InChI is InChI=1S/C13H26N2O4S/c1-8(2)6-9(14)11(16)7-12(17)15-10(13(18)19)4-5-20-3/h8-11,16H,4-7,14H2,1-3H3,(H,15,17)(H,18,19)/t9-,10-,11-/m0/s1. The highest BCUT2D eigenvalue weighted by Crippen LogP contribution is 2.09. The van der Waals surface area contributed by atoms with Crippen LogP contribution < -0.4 is 11.1 Å². The third kappa shape index (κ3) is 8.39. The van der Waals surface area contributed by atoms with Gasteiger partial charge in [0.2, 0.25) is 5.91 Å². The maximum absolute atomic E-state index is 11.7. The first-order valence-corrected chi connectivity index (χ1v) is 8.12. The van der Waals surface area contributed by atoms with E-state index in [1.165, 1.54) is 11.8 Å². The highest BCUT2D eigenvalue weighted by Gasteiger charge is 2.23. The Morgan fingerprint density at radius 3 is 2.40 bits per heavy atom. The van der Waals surface area contributed by atoms with E-state index in [2.05, 4.69) is 5.32 Å². The molecule has 0 saturated carbocycles. The number of hydrogen-bond acceptors (Lipinski definition) is 5. The van der Waals surface area contributed by atoms with Crippen LogP contribution in [0.3, 0.4) is 0 Å². The number of aliphatic carboxylic acids is 1. The topological polar surface area (TPSA) is 113 Å². The summed E-state index contributed by atoms with van der Waals surface area (Å²) in [4.78, 5) is 22.7. The summed E-state index contributed by atoms with van der Waals surface area (Å²) in [6.07, 6.45) is 1.72. The average molecular weight is 306 g/mol. The molecule has 20 heavy (non-hydrogen) atoms. The van der Waals surface area contributed by atoms with Crippen molar-refractivity contribution in [3.05, 3.63) is 0 Å². The third-order valence-corrected chi connectivity index (χ3v) is 3.52. The quantitative estimate of drug-likeness (QED) is 0.466. The van der Waals surface area contributed by atoms with Gasteiger partial charge in [0.15, 0.2) is 0 Å². The molecule has 0 aliphatic rings. The second-order valence-electron chi connectivity index (χ2n) is 5.30. The Morgan fingerprint density at radius 1 is 1.35 bits per heavy atom. The molecule has 0 fully saturated rings. The number of carbonyl (C=O) groups excluding carboxylic acids is 1. The van der Waals surface area contributed by atoms with E-state index in [1.54, 1.807) is 0 Å².